The predicted molar refractivity (Wildman–Crippen MR) is 82.6 cm³/mol. The Bertz CT molecular complexity index is 810. The van der Waals surface area contributed by atoms with Gasteiger partial charge in [-0.05, 0) is 11.1 Å². The molecule has 0 saturated heterocycles. The summed E-state index contributed by atoms with van der Waals surface area (Å²) in [4.78, 5) is 11.9. The number of hydrogen-bond donors (Lipinski definition) is 1. The largest absolute Gasteiger partial charge is 0.405 e. The molecule has 0 saturated carbocycles. The van der Waals surface area contributed by atoms with Gasteiger partial charge >= 0.3 is 5.97 Å². The highest BCUT2D eigenvalue weighted by atomic mass is 16.5. The molecule has 108 valence electrons. The van der Waals surface area contributed by atoms with E-state index in [-0.39, 0.29) is 11.9 Å². The lowest BCUT2D eigenvalue weighted by Crippen LogP contribution is -2.20. The van der Waals surface area contributed by atoms with Crippen molar-refractivity contribution in [3.8, 4) is 17.1 Å². The number of fused-ring (bicyclic) bond motifs is 1. The lowest BCUT2D eigenvalue weighted by Gasteiger charge is -2.22. The molecular weight excluding hydrogens is 276 g/mol. The van der Waals surface area contributed by atoms with Gasteiger partial charge in [-0.15, -0.1) is 5.10 Å². The molecule has 2 aromatic carbocycles. The van der Waals surface area contributed by atoms with E-state index in [4.69, 9.17) is 4.74 Å². The van der Waals surface area contributed by atoms with E-state index in [0.717, 1.165) is 22.4 Å². The van der Waals surface area contributed by atoms with Crippen LogP contribution in [0.3, 0.4) is 0 Å². The summed E-state index contributed by atoms with van der Waals surface area (Å²) in [5, 5.41) is 7.22. The average Bonchev–Trinajstić information content (AvgIpc) is 2.99. The molecule has 1 aliphatic heterocycles. The van der Waals surface area contributed by atoms with E-state index in [0.29, 0.717) is 12.3 Å². The summed E-state index contributed by atoms with van der Waals surface area (Å²) in [5.74, 6) is 0.114. The quantitative estimate of drug-likeness (QED) is 0.735. The van der Waals surface area contributed by atoms with Gasteiger partial charge in [-0.3, -0.25) is 9.89 Å². The molecule has 0 radical (unpaired) electrons. The number of hydrogen-bond acceptors (Lipinski definition) is 3. The molecule has 1 atom stereocenters. The summed E-state index contributed by atoms with van der Waals surface area (Å²) in [6, 6.07) is 20.0. The molecule has 1 aliphatic rings. The predicted octanol–water partition coefficient (Wildman–Crippen LogP) is 3.52. The smallest absolute Gasteiger partial charge is 0.313 e. The molecule has 4 rings (SSSR count). The molecule has 0 bridgehead atoms. The first-order chi connectivity index (χ1) is 10.8. The first-order valence-corrected chi connectivity index (χ1v) is 7.22. The summed E-state index contributed by atoms with van der Waals surface area (Å²) >= 11 is 0. The monoisotopic (exact) mass is 290 g/mol. The van der Waals surface area contributed by atoms with Gasteiger partial charge < -0.3 is 4.74 Å². The zero-order chi connectivity index (χ0) is 14.9. The lowest BCUT2D eigenvalue weighted by atomic mass is 9.86. The van der Waals surface area contributed by atoms with E-state index in [1.807, 2.05) is 60.7 Å². The van der Waals surface area contributed by atoms with Crippen molar-refractivity contribution in [2.45, 2.75) is 12.3 Å². The summed E-state index contributed by atoms with van der Waals surface area (Å²) in [6.45, 7) is 0. The average molecular weight is 290 g/mol. The van der Waals surface area contributed by atoms with E-state index in [9.17, 15) is 4.79 Å². The SMILES string of the molecule is O=C1C[C@@H](c2ccccc2)c2c(n[nH]c2-c2ccccc2)O1. The minimum Gasteiger partial charge on any atom is -0.405 e. The zero-order valence-electron chi connectivity index (χ0n) is 11.8. The molecular formula is C18H14N2O2. The number of rotatable bonds is 2. The Kier molecular flexibility index (Phi) is 3.00. The number of nitrogens with one attached hydrogen (secondary N) is 1. The zero-order valence-corrected chi connectivity index (χ0v) is 11.8. The Morgan fingerprint density at radius 1 is 1.00 bits per heavy atom. The third kappa shape index (κ3) is 2.09. The highest BCUT2D eigenvalue weighted by molar-refractivity contribution is 5.80. The van der Waals surface area contributed by atoms with Gasteiger partial charge in [0, 0.05) is 5.92 Å². The second kappa shape index (κ2) is 5.15. The summed E-state index contributed by atoms with van der Waals surface area (Å²) in [5.41, 5.74) is 4.00. The van der Waals surface area contributed by atoms with Gasteiger partial charge in [0.25, 0.3) is 0 Å². The number of benzene rings is 2. The first-order valence-electron chi connectivity index (χ1n) is 7.22. The molecule has 22 heavy (non-hydrogen) atoms. The maximum absolute atomic E-state index is 11.9. The molecule has 4 heteroatoms. The normalized spacial score (nSPS) is 16.9. The molecule has 2 heterocycles. The fourth-order valence-corrected chi connectivity index (χ4v) is 2.95. The molecule has 1 aromatic heterocycles. The highest BCUT2D eigenvalue weighted by Crippen LogP contribution is 2.42. The van der Waals surface area contributed by atoms with Crippen molar-refractivity contribution in [3.63, 3.8) is 0 Å². The third-order valence-corrected chi connectivity index (χ3v) is 3.96. The number of esters is 1. The van der Waals surface area contributed by atoms with Crippen LogP contribution < -0.4 is 4.74 Å². The lowest BCUT2D eigenvalue weighted by molar-refractivity contribution is -0.135. The van der Waals surface area contributed by atoms with Crippen molar-refractivity contribution in [1.82, 2.24) is 10.2 Å². The van der Waals surface area contributed by atoms with Crippen LogP contribution in [0.4, 0.5) is 0 Å². The van der Waals surface area contributed by atoms with Crippen molar-refractivity contribution in [3.05, 3.63) is 71.8 Å². The van der Waals surface area contributed by atoms with E-state index in [2.05, 4.69) is 10.2 Å². The van der Waals surface area contributed by atoms with Crippen molar-refractivity contribution in [1.29, 1.82) is 0 Å². The van der Waals surface area contributed by atoms with Gasteiger partial charge in [-0.25, -0.2) is 0 Å². The fourth-order valence-electron chi connectivity index (χ4n) is 2.95. The minimum atomic E-state index is -0.243. The molecule has 1 N–H and O–H groups in total. The van der Waals surface area contributed by atoms with Crippen LogP contribution >= 0.6 is 0 Å². The second-order valence-electron chi connectivity index (χ2n) is 5.32. The van der Waals surface area contributed by atoms with Crippen LogP contribution in [-0.2, 0) is 4.79 Å². The molecule has 0 fully saturated rings. The maximum Gasteiger partial charge on any atom is 0.313 e. The molecule has 0 amide bonds. The Morgan fingerprint density at radius 2 is 1.68 bits per heavy atom. The van der Waals surface area contributed by atoms with E-state index in [1.54, 1.807) is 0 Å². The van der Waals surface area contributed by atoms with E-state index in [1.165, 1.54) is 0 Å². The van der Waals surface area contributed by atoms with Gasteiger partial charge in [0.1, 0.15) is 0 Å². The van der Waals surface area contributed by atoms with Crippen molar-refractivity contribution in [2.24, 2.45) is 0 Å². The van der Waals surface area contributed by atoms with Gasteiger partial charge in [-0.1, -0.05) is 60.7 Å². The van der Waals surface area contributed by atoms with Crippen LogP contribution in [0, 0.1) is 0 Å². The van der Waals surface area contributed by atoms with Gasteiger partial charge in [0.05, 0.1) is 17.7 Å². The van der Waals surface area contributed by atoms with Crippen LogP contribution in [0.2, 0.25) is 0 Å². The van der Waals surface area contributed by atoms with Crippen LogP contribution in [0.15, 0.2) is 60.7 Å². The molecule has 4 nitrogen and oxygen atoms in total. The fraction of sp³-hybridized carbons (Fsp3) is 0.111. The second-order valence-corrected chi connectivity index (χ2v) is 5.32. The van der Waals surface area contributed by atoms with Crippen LogP contribution in [0.1, 0.15) is 23.5 Å². The topological polar surface area (TPSA) is 55.0 Å². The number of aromatic amines is 1. The number of H-pyrrole nitrogens is 1. The van der Waals surface area contributed by atoms with Crippen molar-refractivity contribution >= 4 is 5.97 Å². The third-order valence-electron chi connectivity index (χ3n) is 3.96. The summed E-state index contributed by atoms with van der Waals surface area (Å²) in [7, 11) is 0. The van der Waals surface area contributed by atoms with Crippen LogP contribution in [-0.4, -0.2) is 16.2 Å². The molecule has 0 spiro atoms. The molecule has 0 aliphatic carbocycles. The van der Waals surface area contributed by atoms with Gasteiger partial charge in [0.15, 0.2) is 0 Å². The van der Waals surface area contributed by atoms with Gasteiger partial charge in [-0.2, -0.15) is 0 Å². The van der Waals surface area contributed by atoms with Gasteiger partial charge in [0.2, 0.25) is 5.88 Å². The van der Waals surface area contributed by atoms with Crippen LogP contribution in [0.5, 0.6) is 5.88 Å². The summed E-state index contributed by atoms with van der Waals surface area (Å²) < 4.78 is 5.30. The maximum atomic E-state index is 11.9. The Balaban J connectivity index is 1.88. The van der Waals surface area contributed by atoms with E-state index < -0.39 is 0 Å². The Morgan fingerprint density at radius 3 is 2.41 bits per heavy atom. The molecule has 0 unspecified atom stereocenters. The van der Waals surface area contributed by atoms with Crippen molar-refractivity contribution < 1.29 is 9.53 Å². The first kappa shape index (κ1) is 12.8. The highest BCUT2D eigenvalue weighted by Gasteiger charge is 2.33. The number of nitrogens with zero attached hydrogens (tertiary/aromatic N) is 1. The standard InChI is InChI=1S/C18H14N2O2/c21-15-11-14(12-7-3-1-4-8-12)16-17(19-20-18(16)22-15)13-9-5-2-6-10-13/h1-10,14H,11H2,(H,19,20)/t14-/m0/s1. The Hall–Kier alpha value is -2.88. The minimum absolute atomic E-state index is 0.0357. The van der Waals surface area contributed by atoms with Crippen molar-refractivity contribution in [2.75, 3.05) is 0 Å². The summed E-state index contributed by atoms with van der Waals surface area (Å²) in [6.07, 6.45) is 0.330. The van der Waals surface area contributed by atoms with E-state index >= 15 is 0 Å². The molecule has 3 aromatic rings. The number of carbonyl (C=O) groups excluding carboxylic acids is 1. The Labute approximate surface area is 127 Å². The number of ether oxygens (including phenoxy) is 1. The number of aromatic nitrogens is 2. The number of carbonyl (C=O) groups is 1. The van der Waals surface area contributed by atoms with Crippen LogP contribution in [0.25, 0.3) is 11.3 Å².